The first-order valence-electron chi connectivity index (χ1n) is 7.83. The van der Waals surface area contributed by atoms with Crippen LogP contribution in [-0.2, 0) is 9.59 Å². The molecule has 7 heteroatoms. The molecule has 1 saturated heterocycles. The molecule has 0 spiro atoms. The Kier molecular flexibility index (Phi) is 6.22. The average Bonchev–Trinajstić information content (AvgIpc) is 2.61. The van der Waals surface area contributed by atoms with Crippen molar-refractivity contribution >= 4 is 17.5 Å². The van der Waals surface area contributed by atoms with Crippen LogP contribution in [0, 0.1) is 0 Å². The van der Waals surface area contributed by atoms with Crippen LogP contribution in [0.5, 0.6) is 5.75 Å². The zero-order valence-corrected chi connectivity index (χ0v) is 13.7. The lowest BCUT2D eigenvalue weighted by molar-refractivity contribution is -0.633. The van der Waals surface area contributed by atoms with Crippen LogP contribution in [0.2, 0.25) is 0 Å². The number of quaternary nitrogens is 1. The number of nitrogens with one attached hydrogen (secondary N) is 1. The van der Waals surface area contributed by atoms with Crippen LogP contribution in [0.3, 0.4) is 0 Å². The van der Waals surface area contributed by atoms with Crippen LogP contribution in [0.1, 0.15) is 0 Å². The summed E-state index contributed by atoms with van der Waals surface area (Å²) >= 11 is 0. The summed E-state index contributed by atoms with van der Waals surface area (Å²) in [6.07, 6.45) is 0. The number of amides is 2. The summed E-state index contributed by atoms with van der Waals surface area (Å²) in [5, 5.41) is 4.27. The maximum absolute atomic E-state index is 12.2. The quantitative estimate of drug-likeness (QED) is 0.679. The van der Waals surface area contributed by atoms with E-state index in [-0.39, 0.29) is 18.4 Å². The molecule has 7 nitrogen and oxygen atoms in total. The smallest absolute Gasteiger partial charge is 0.277 e. The van der Waals surface area contributed by atoms with Crippen molar-refractivity contribution in [2.24, 2.45) is 0 Å². The van der Waals surface area contributed by atoms with Crippen molar-refractivity contribution in [2.75, 3.05) is 58.3 Å². The number of nitrogens with two attached hydrogens (primary N) is 1. The second-order valence-corrected chi connectivity index (χ2v) is 5.41. The number of piperazine rings is 1. The summed E-state index contributed by atoms with van der Waals surface area (Å²) in [6, 6.07) is 7.92. The number of para-hydroxylation sites is 2. The van der Waals surface area contributed by atoms with Crippen molar-refractivity contribution in [3.05, 3.63) is 24.3 Å². The van der Waals surface area contributed by atoms with E-state index in [2.05, 4.69) is 10.2 Å². The maximum Gasteiger partial charge on any atom is 0.277 e. The minimum atomic E-state index is -0.0706. The Labute approximate surface area is 136 Å². The Bertz CT molecular complexity index is 542. The van der Waals surface area contributed by atoms with Gasteiger partial charge in [0.05, 0.1) is 12.8 Å². The molecule has 23 heavy (non-hydrogen) atoms. The molecule has 3 N–H and O–H groups in total. The minimum Gasteiger partial charge on any atom is -0.495 e. The van der Waals surface area contributed by atoms with E-state index >= 15 is 0 Å². The number of rotatable bonds is 6. The van der Waals surface area contributed by atoms with Crippen molar-refractivity contribution in [2.45, 2.75) is 0 Å². The van der Waals surface area contributed by atoms with Gasteiger partial charge in [0, 0.05) is 33.2 Å². The van der Waals surface area contributed by atoms with Crippen molar-refractivity contribution in [1.82, 2.24) is 10.2 Å². The van der Waals surface area contributed by atoms with Crippen LogP contribution in [0.4, 0.5) is 5.69 Å². The number of ether oxygens (including phenoxy) is 1. The number of hydrogen-bond donors (Lipinski definition) is 2. The van der Waals surface area contributed by atoms with Gasteiger partial charge in [-0.3, -0.25) is 9.59 Å². The van der Waals surface area contributed by atoms with Crippen LogP contribution < -0.4 is 20.3 Å². The number of carbonyl (C=O) groups is 2. The molecule has 0 unspecified atom stereocenters. The van der Waals surface area contributed by atoms with E-state index in [1.165, 1.54) is 0 Å². The van der Waals surface area contributed by atoms with E-state index in [9.17, 15) is 9.59 Å². The molecule has 2 rings (SSSR count). The number of nitrogens with zero attached hydrogens (tertiary/aromatic N) is 2. The molecule has 126 valence electrons. The second-order valence-electron chi connectivity index (χ2n) is 5.41. The molecular weight excluding hydrogens is 296 g/mol. The third-order valence-corrected chi connectivity index (χ3v) is 3.99. The van der Waals surface area contributed by atoms with E-state index in [4.69, 9.17) is 4.74 Å². The monoisotopic (exact) mass is 321 g/mol. The fourth-order valence-electron chi connectivity index (χ4n) is 2.65. The van der Waals surface area contributed by atoms with Crippen LogP contribution in [-0.4, -0.2) is 70.1 Å². The summed E-state index contributed by atoms with van der Waals surface area (Å²) < 4.78 is 5.39. The molecule has 0 radical (unpaired) electrons. The summed E-state index contributed by atoms with van der Waals surface area (Å²) in [5.74, 6) is 0.860. The fraction of sp³-hybridized carbons (Fsp3) is 0.500. The van der Waals surface area contributed by atoms with E-state index in [0.717, 1.165) is 24.5 Å². The van der Waals surface area contributed by atoms with Crippen molar-refractivity contribution < 1.29 is 19.6 Å². The highest BCUT2D eigenvalue weighted by Crippen LogP contribution is 2.28. The maximum atomic E-state index is 12.2. The first kappa shape index (κ1) is 17.1. The zero-order valence-electron chi connectivity index (χ0n) is 13.7. The highest BCUT2D eigenvalue weighted by Gasteiger charge is 2.23. The summed E-state index contributed by atoms with van der Waals surface area (Å²) in [5.41, 5.74) is 1.06. The second kappa shape index (κ2) is 8.38. The molecule has 0 aliphatic carbocycles. The van der Waals surface area contributed by atoms with Gasteiger partial charge in [-0.15, -0.1) is 0 Å². The number of likely N-dealkylation sites (N-methyl/N-ethyl adjacent to an activating group) is 1. The van der Waals surface area contributed by atoms with Gasteiger partial charge in [0.25, 0.3) is 11.8 Å². The van der Waals surface area contributed by atoms with E-state index in [1.807, 2.05) is 29.2 Å². The van der Waals surface area contributed by atoms with Crippen molar-refractivity contribution in [3.63, 3.8) is 0 Å². The van der Waals surface area contributed by atoms with Crippen molar-refractivity contribution in [3.8, 4) is 5.75 Å². The highest BCUT2D eigenvalue weighted by molar-refractivity contribution is 5.79. The van der Waals surface area contributed by atoms with Gasteiger partial charge >= 0.3 is 0 Å². The van der Waals surface area contributed by atoms with Gasteiger partial charge in [-0.05, 0) is 12.1 Å². The van der Waals surface area contributed by atoms with Gasteiger partial charge in [-0.1, -0.05) is 12.1 Å². The lowest BCUT2D eigenvalue weighted by atomic mass is 10.2. The number of hydrogen-bond acceptors (Lipinski definition) is 4. The molecule has 0 atom stereocenters. The molecule has 1 heterocycles. The molecule has 1 aliphatic heterocycles. The van der Waals surface area contributed by atoms with E-state index in [1.54, 1.807) is 19.5 Å². The van der Waals surface area contributed by atoms with Gasteiger partial charge in [-0.25, -0.2) is 0 Å². The Hall–Kier alpha value is -2.28. The summed E-state index contributed by atoms with van der Waals surface area (Å²) in [6.45, 7) is 3.52. The molecule has 1 aromatic carbocycles. The third-order valence-electron chi connectivity index (χ3n) is 3.99. The first-order chi connectivity index (χ1) is 11.2. The molecule has 1 fully saturated rings. The SMILES string of the molecule is CNC(=O)C[NH2+]CC(=O)N1CCN(c2ccccc2OC)CC1. The molecule has 1 aliphatic rings. The van der Waals surface area contributed by atoms with E-state index in [0.29, 0.717) is 19.6 Å². The number of methoxy groups -OCH3 is 1. The predicted octanol–water partition coefficient (Wildman–Crippen LogP) is -1.35. The summed E-state index contributed by atoms with van der Waals surface area (Å²) in [7, 11) is 3.26. The van der Waals surface area contributed by atoms with Crippen LogP contribution >= 0.6 is 0 Å². The van der Waals surface area contributed by atoms with Gasteiger partial charge in [0.2, 0.25) is 0 Å². The van der Waals surface area contributed by atoms with E-state index < -0.39 is 0 Å². The summed E-state index contributed by atoms with van der Waals surface area (Å²) in [4.78, 5) is 27.4. The Morgan fingerprint density at radius 2 is 1.87 bits per heavy atom. The largest absolute Gasteiger partial charge is 0.495 e. The van der Waals surface area contributed by atoms with Crippen molar-refractivity contribution in [1.29, 1.82) is 0 Å². The minimum absolute atomic E-state index is 0.0706. The number of anilines is 1. The first-order valence-corrected chi connectivity index (χ1v) is 7.83. The van der Waals surface area contributed by atoms with Gasteiger partial charge in [0.15, 0.2) is 13.1 Å². The number of benzene rings is 1. The lowest BCUT2D eigenvalue weighted by Gasteiger charge is -2.36. The molecule has 0 aromatic heterocycles. The topological polar surface area (TPSA) is 78.5 Å². The number of carbonyl (C=O) groups excluding carboxylic acids is 2. The van der Waals surface area contributed by atoms with Gasteiger partial charge in [-0.2, -0.15) is 0 Å². The molecule has 0 bridgehead atoms. The standard InChI is InChI=1S/C16H24N4O3/c1-17-15(21)11-18-12-16(22)20-9-7-19(8-10-20)13-5-3-4-6-14(13)23-2/h3-6,18H,7-12H2,1-2H3,(H,17,21)/p+1. The third kappa shape index (κ3) is 4.59. The average molecular weight is 321 g/mol. The Morgan fingerprint density at radius 3 is 2.52 bits per heavy atom. The molecule has 1 aromatic rings. The Morgan fingerprint density at radius 1 is 1.17 bits per heavy atom. The molecule has 2 amide bonds. The van der Waals surface area contributed by atoms with Gasteiger partial charge in [0.1, 0.15) is 5.75 Å². The zero-order chi connectivity index (χ0) is 16.7. The van der Waals surface area contributed by atoms with Gasteiger partial charge < -0.3 is 25.2 Å². The lowest BCUT2D eigenvalue weighted by Crippen LogP contribution is -2.88. The normalized spacial score (nSPS) is 14.5. The molecular formula is C16H25N4O3+. The predicted molar refractivity (Wildman–Crippen MR) is 87.5 cm³/mol. The van der Waals surface area contributed by atoms with Crippen LogP contribution in [0.15, 0.2) is 24.3 Å². The fourth-order valence-corrected chi connectivity index (χ4v) is 2.65. The van der Waals surface area contributed by atoms with Crippen LogP contribution in [0.25, 0.3) is 0 Å². The Balaban J connectivity index is 1.81. The highest BCUT2D eigenvalue weighted by atomic mass is 16.5. The molecule has 0 saturated carbocycles.